The Hall–Kier alpha value is -3.19. The molecule has 1 fully saturated rings. The molecule has 1 aliphatic carbocycles. The third kappa shape index (κ3) is 5.28. The van der Waals surface area contributed by atoms with Crippen LogP contribution in [0.25, 0.3) is 16.6 Å². The molecule has 0 atom stereocenters. The maximum absolute atomic E-state index is 13.6. The molecule has 1 aliphatic rings. The second-order valence-corrected chi connectivity index (χ2v) is 11.1. The van der Waals surface area contributed by atoms with E-state index in [1.807, 2.05) is 44.2 Å². The first-order valence-electron chi connectivity index (χ1n) is 13.0. The van der Waals surface area contributed by atoms with Crippen molar-refractivity contribution in [3.8, 4) is 11.4 Å². The highest BCUT2D eigenvalue weighted by Crippen LogP contribution is 2.32. The van der Waals surface area contributed by atoms with Gasteiger partial charge in [-0.25, -0.2) is 4.98 Å². The van der Waals surface area contributed by atoms with Gasteiger partial charge in [0.2, 0.25) is 0 Å². The minimum Gasteiger partial charge on any atom is -0.491 e. The molecule has 7 heteroatoms. The Kier molecular flexibility index (Phi) is 7.33. The largest absolute Gasteiger partial charge is 0.491 e. The van der Waals surface area contributed by atoms with Crippen LogP contribution in [-0.2, 0) is 0 Å². The van der Waals surface area contributed by atoms with Crippen LogP contribution in [0.15, 0.2) is 62.9 Å². The predicted molar refractivity (Wildman–Crippen MR) is 154 cm³/mol. The molecule has 0 aliphatic heterocycles. The first kappa shape index (κ1) is 25.5. The molecule has 0 bridgehead atoms. The third-order valence-corrected chi connectivity index (χ3v) is 7.55. The number of ether oxygens (including phenoxy) is 1. The molecule has 192 valence electrons. The van der Waals surface area contributed by atoms with E-state index in [0.717, 1.165) is 69.9 Å². The Morgan fingerprint density at radius 3 is 2.49 bits per heavy atom. The minimum absolute atomic E-state index is 0.127. The third-order valence-electron chi connectivity index (χ3n) is 7.05. The standard InChI is InChI=1S/C30H33BrN4O2/c1-19(2)37-26-13-11-25(12-14-26)34-20(3)16-23(21(34)4)18-32-35-29(22-8-6-5-7-9-22)33-28-15-10-24(31)17-27(28)30(35)36/h10-19,22H,5-9H2,1-4H3. The zero-order valence-electron chi connectivity index (χ0n) is 21.9. The normalized spacial score (nSPS) is 14.8. The lowest BCUT2D eigenvalue weighted by Crippen LogP contribution is -2.25. The first-order chi connectivity index (χ1) is 17.8. The molecule has 2 aromatic carbocycles. The predicted octanol–water partition coefficient (Wildman–Crippen LogP) is 7.28. The van der Waals surface area contributed by atoms with E-state index in [0.29, 0.717) is 5.39 Å². The highest BCUT2D eigenvalue weighted by atomic mass is 79.9. The quantitative estimate of drug-likeness (QED) is 0.233. The summed E-state index contributed by atoms with van der Waals surface area (Å²) in [5, 5.41) is 5.32. The summed E-state index contributed by atoms with van der Waals surface area (Å²) in [6.07, 6.45) is 7.56. The smallest absolute Gasteiger partial charge is 0.282 e. The van der Waals surface area contributed by atoms with Crippen molar-refractivity contribution in [3.63, 3.8) is 0 Å². The van der Waals surface area contributed by atoms with E-state index in [2.05, 4.69) is 52.5 Å². The van der Waals surface area contributed by atoms with Gasteiger partial charge in [0.25, 0.3) is 5.56 Å². The number of aromatic nitrogens is 3. The molecule has 5 rings (SSSR count). The summed E-state index contributed by atoms with van der Waals surface area (Å²) >= 11 is 3.50. The summed E-state index contributed by atoms with van der Waals surface area (Å²) in [7, 11) is 0. The van der Waals surface area contributed by atoms with Gasteiger partial charge in [0.15, 0.2) is 0 Å². The lowest BCUT2D eigenvalue weighted by Gasteiger charge is -2.22. The van der Waals surface area contributed by atoms with Crippen LogP contribution in [0.1, 0.15) is 74.6 Å². The number of hydrogen-bond donors (Lipinski definition) is 0. The number of hydrogen-bond acceptors (Lipinski definition) is 4. The summed E-state index contributed by atoms with van der Waals surface area (Å²) < 4.78 is 10.4. The number of aryl methyl sites for hydroxylation is 1. The van der Waals surface area contributed by atoms with Gasteiger partial charge in [-0.3, -0.25) is 4.79 Å². The van der Waals surface area contributed by atoms with E-state index >= 15 is 0 Å². The minimum atomic E-state index is -0.127. The number of halogens is 1. The average Bonchev–Trinajstić information content (AvgIpc) is 3.17. The summed E-state index contributed by atoms with van der Waals surface area (Å²) in [6, 6.07) is 15.9. The molecule has 0 amide bonds. The summed E-state index contributed by atoms with van der Waals surface area (Å²) in [6.45, 7) is 8.20. The van der Waals surface area contributed by atoms with Crippen molar-refractivity contribution in [2.75, 3.05) is 0 Å². The van der Waals surface area contributed by atoms with Gasteiger partial charge < -0.3 is 9.30 Å². The van der Waals surface area contributed by atoms with Crippen LogP contribution in [-0.4, -0.2) is 26.5 Å². The Balaban J connectivity index is 1.55. The molecule has 1 saturated carbocycles. The van der Waals surface area contributed by atoms with Gasteiger partial charge in [-0.1, -0.05) is 35.2 Å². The fourth-order valence-electron chi connectivity index (χ4n) is 5.28. The second-order valence-electron chi connectivity index (χ2n) is 10.2. The fraction of sp³-hybridized carbons (Fsp3) is 0.367. The fourth-order valence-corrected chi connectivity index (χ4v) is 5.65. The van der Waals surface area contributed by atoms with Crippen molar-refractivity contribution in [1.29, 1.82) is 0 Å². The SMILES string of the molecule is Cc1cc(C=Nn2c(C3CCCCC3)nc3ccc(Br)cc3c2=O)c(C)n1-c1ccc(OC(C)C)cc1. The van der Waals surface area contributed by atoms with Gasteiger partial charge in [-0.05, 0) is 89.1 Å². The summed E-state index contributed by atoms with van der Waals surface area (Å²) in [5.41, 5.74) is 4.78. The van der Waals surface area contributed by atoms with E-state index < -0.39 is 0 Å². The van der Waals surface area contributed by atoms with Crippen LogP contribution in [0.5, 0.6) is 5.75 Å². The number of rotatable bonds is 6. The average molecular weight is 562 g/mol. The summed E-state index contributed by atoms with van der Waals surface area (Å²) in [4.78, 5) is 18.6. The Morgan fingerprint density at radius 1 is 1.05 bits per heavy atom. The van der Waals surface area contributed by atoms with Crippen molar-refractivity contribution < 1.29 is 4.74 Å². The van der Waals surface area contributed by atoms with Crippen LogP contribution >= 0.6 is 15.9 Å². The second kappa shape index (κ2) is 10.7. The van der Waals surface area contributed by atoms with Gasteiger partial charge in [-0.15, -0.1) is 0 Å². The first-order valence-corrected chi connectivity index (χ1v) is 13.8. The molecule has 0 saturated heterocycles. The van der Waals surface area contributed by atoms with Gasteiger partial charge in [0, 0.05) is 33.0 Å². The highest BCUT2D eigenvalue weighted by Gasteiger charge is 2.22. The zero-order chi connectivity index (χ0) is 26.1. The van der Waals surface area contributed by atoms with Crippen LogP contribution in [0.3, 0.4) is 0 Å². The van der Waals surface area contributed by atoms with E-state index in [-0.39, 0.29) is 17.6 Å². The van der Waals surface area contributed by atoms with Gasteiger partial charge in [0.05, 0.1) is 23.2 Å². The maximum Gasteiger partial charge on any atom is 0.282 e. The molecular formula is C30H33BrN4O2. The maximum atomic E-state index is 13.6. The highest BCUT2D eigenvalue weighted by molar-refractivity contribution is 9.10. The lowest BCUT2D eigenvalue weighted by atomic mass is 9.88. The molecule has 0 unspecified atom stereocenters. The lowest BCUT2D eigenvalue weighted by molar-refractivity contribution is 0.242. The van der Waals surface area contributed by atoms with E-state index in [4.69, 9.17) is 14.8 Å². The van der Waals surface area contributed by atoms with E-state index in [1.54, 1.807) is 6.21 Å². The van der Waals surface area contributed by atoms with Crippen LogP contribution in [0, 0.1) is 13.8 Å². The van der Waals surface area contributed by atoms with Crippen molar-refractivity contribution in [1.82, 2.24) is 14.2 Å². The molecule has 6 nitrogen and oxygen atoms in total. The Bertz CT molecular complexity index is 1510. The van der Waals surface area contributed by atoms with Crippen molar-refractivity contribution in [2.45, 2.75) is 71.8 Å². The summed E-state index contributed by atoms with van der Waals surface area (Å²) in [5.74, 6) is 1.86. The zero-order valence-corrected chi connectivity index (χ0v) is 23.5. The Labute approximate surface area is 226 Å². The van der Waals surface area contributed by atoms with Crippen molar-refractivity contribution >= 4 is 33.0 Å². The van der Waals surface area contributed by atoms with E-state index in [9.17, 15) is 4.79 Å². The van der Waals surface area contributed by atoms with Gasteiger partial charge in [0.1, 0.15) is 11.6 Å². The van der Waals surface area contributed by atoms with E-state index in [1.165, 1.54) is 11.1 Å². The number of fused-ring (bicyclic) bond motifs is 1. The van der Waals surface area contributed by atoms with Crippen molar-refractivity contribution in [3.05, 3.63) is 86.1 Å². The molecule has 2 heterocycles. The number of nitrogens with zero attached hydrogens (tertiary/aromatic N) is 4. The Morgan fingerprint density at radius 2 is 1.78 bits per heavy atom. The molecule has 0 N–H and O–H groups in total. The molecule has 0 radical (unpaired) electrons. The topological polar surface area (TPSA) is 61.4 Å². The monoisotopic (exact) mass is 560 g/mol. The molecule has 0 spiro atoms. The molecule has 4 aromatic rings. The van der Waals surface area contributed by atoms with Crippen LogP contribution < -0.4 is 10.3 Å². The molecule has 2 aromatic heterocycles. The molecule has 37 heavy (non-hydrogen) atoms. The van der Waals surface area contributed by atoms with Crippen molar-refractivity contribution in [2.24, 2.45) is 5.10 Å². The number of benzene rings is 2. The van der Waals surface area contributed by atoms with Crippen LogP contribution in [0.4, 0.5) is 0 Å². The molecular weight excluding hydrogens is 528 g/mol. The van der Waals surface area contributed by atoms with Gasteiger partial charge in [-0.2, -0.15) is 9.78 Å². The van der Waals surface area contributed by atoms with Gasteiger partial charge >= 0.3 is 0 Å². The van der Waals surface area contributed by atoms with Crippen LogP contribution in [0.2, 0.25) is 0 Å².